The van der Waals surface area contributed by atoms with Crippen molar-refractivity contribution in [3.8, 4) is 22.8 Å². The molecule has 0 aliphatic carbocycles. The molecule has 5 aromatic rings. The first-order valence-corrected chi connectivity index (χ1v) is 7.64. The van der Waals surface area contributed by atoms with Gasteiger partial charge in [-0.3, -0.25) is 0 Å². The van der Waals surface area contributed by atoms with Gasteiger partial charge in [0.1, 0.15) is 0 Å². The standard InChI is InChI=1S/C19H12N4O/c1-2-7-14-13(5-1)6-3-8-15(14)16-10-11-20-19-21-18(22-23(16)19)17-9-4-12-24-17/h1-12H. The Morgan fingerprint density at radius 3 is 2.71 bits per heavy atom. The number of rotatable bonds is 2. The average Bonchev–Trinajstić information content (AvgIpc) is 3.30. The predicted molar refractivity (Wildman–Crippen MR) is 91.4 cm³/mol. The molecular formula is C19H12N4O. The zero-order chi connectivity index (χ0) is 15.9. The lowest BCUT2D eigenvalue weighted by molar-refractivity contribution is 0.577. The molecule has 0 bridgehead atoms. The van der Waals surface area contributed by atoms with Gasteiger partial charge in [0.2, 0.25) is 5.82 Å². The predicted octanol–water partition coefficient (Wildman–Crippen LogP) is 4.20. The zero-order valence-electron chi connectivity index (χ0n) is 12.6. The Labute approximate surface area is 137 Å². The normalized spacial score (nSPS) is 11.3. The first-order chi connectivity index (χ1) is 11.9. The van der Waals surface area contributed by atoms with Crippen LogP contribution in [0.1, 0.15) is 0 Å². The van der Waals surface area contributed by atoms with E-state index in [1.807, 2.05) is 36.4 Å². The van der Waals surface area contributed by atoms with E-state index in [-0.39, 0.29) is 0 Å². The third-order valence-electron chi connectivity index (χ3n) is 4.05. The number of furan rings is 1. The van der Waals surface area contributed by atoms with Crippen LogP contribution in [0.4, 0.5) is 0 Å². The van der Waals surface area contributed by atoms with Gasteiger partial charge in [-0.05, 0) is 29.0 Å². The first kappa shape index (κ1) is 13.0. The number of nitrogens with zero attached hydrogens (tertiary/aromatic N) is 4. The summed E-state index contributed by atoms with van der Waals surface area (Å²) >= 11 is 0. The third-order valence-corrected chi connectivity index (χ3v) is 4.05. The molecule has 0 saturated carbocycles. The summed E-state index contributed by atoms with van der Waals surface area (Å²) in [5.74, 6) is 1.70. The summed E-state index contributed by atoms with van der Waals surface area (Å²) in [6, 6.07) is 20.2. The van der Waals surface area contributed by atoms with Crippen molar-refractivity contribution in [1.29, 1.82) is 0 Å². The lowest BCUT2D eigenvalue weighted by Gasteiger charge is -2.07. The summed E-state index contributed by atoms with van der Waals surface area (Å²) in [6.07, 6.45) is 3.37. The van der Waals surface area contributed by atoms with Crippen LogP contribution in [0.5, 0.6) is 0 Å². The molecule has 114 valence electrons. The molecule has 0 spiro atoms. The molecule has 5 heteroatoms. The number of benzene rings is 2. The van der Waals surface area contributed by atoms with Crippen molar-refractivity contribution in [2.75, 3.05) is 0 Å². The number of aromatic nitrogens is 4. The molecule has 5 rings (SSSR count). The highest BCUT2D eigenvalue weighted by Gasteiger charge is 2.14. The minimum atomic E-state index is 0.528. The fraction of sp³-hybridized carbons (Fsp3) is 0. The molecule has 2 aromatic carbocycles. The van der Waals surface area contributed by atoms with Crippen LogP contribution in [0.3, 0.4) is 0 Å². The largest absolute Gasteiger partial charge is 0.461 e. The maximum atomic E-state index is 5.40. The summed E-state index contributed by atoms with van der Waals surface area (Å²) in [5, 5.41) is 6.94. The maximum Gasteiger partial charge on any atom is 0.253 e. The van der Waals surface area contributed by atoms with Crippen molar-refractivity contribution in [2.45, 2.75) is 0 Å². The van der Waals surface area contributed by atoms with Gasteiger partial charge in [0.25, 0.3) is 5.78 Å². The molecule has 0 amide bonds. The molecule has 24 heavy (non-hydrogen) atoms. The van der Waals surface area contributed by atoms with Crippen molar-refractivity contribution in [3.63, 3.8) is 0 Å². The maximum absolute atomic E-state index is 5.40. The molecule has 0 atom stereocenters. The Hall–Kier alpha value is -3.47. The van der Waals surface area contributed by atoms with Gasteiger partial charge in [0, 0.05) is 11.8 Å². The van der Waals surface area contributed by atoms with E-state index in [1.165, 1.54) is 10.8 Å². The molecule has 0 N–H and O–H groups in total. The van der Waals surface area contributed by atoms with Crippen molar-refractivity contribution in [2.24, 2.45) is 0 Å². The minimum absolute atomic E-state index is 0.528. The number of hydrogen-bond acceptors (Lipinski definition) is 4. The minimum Gasteiger partial charge on any atom is -0.461 e. The Bertz CT molecular complexity index is 1150. The molecule has 0 unspecified atom stereocenters. The third kappa shape index (κ3) is 1.91. The number of hydrogen-bond donors (Lipinski definition) is 0. The fourth-order valence-corrected chi connectivity index (χ4v) is 2.96. The molecule has 0 saturated heterocycles. The molecule has 0 aliphatic rings. The van der Waals surface area contributed by atoms with E-state index in [4.69, 9.17) is 4.42 Å². The van der Waals surface area contributed by atoms with Crippen LogP contribution >= 0.6 is 0 Å². The van der Waals surface area contributed by atoms with Gasteiger partial charge >= 0.3 is 0 Å². The van der Waals surface area contributed by atoms with Crippen molar-refractivity contribution >= 4 is 16.6 Å². The summed E-state index contributed by atoms with van der Waals surface area (Å²) in [6.45, 7) is 0. The Morgan fingerprint density at radius 2 is 1.79 bits per heavy atom. The summed E-state index contributed by atoms with van der Waals surface area (Å²) in [4.78, 5) is 8.79. The van der Waals surface area contributed by atoms with E-state index in [0.717, 1.165) is 11.3 Å². The van der Waals surface area contributed by atoms with Gasteiger partial charge in [-0.15, -0.1) is 5.10 Å². The van der Waals surface area contributed by atoms with E-state index in [2.05, 4.69) is 39.3 Å². The monoisotopic (exact) mass is 312 g/mol. The molecule has 3 aromatic heterocycles. The zero-order valence-corrected chi connectivity index (χ0v) is 12.6. The quantitative estimate of drug-likeness (QED) is 0.490. The second-order valence-electron chi connectivity index (χ2n) is 5.48. The number of fused-ring (bicyclic) bond motifs is 2. The van der Waals surface area contributed by atoms with Gasteiger partial charge in [-0.25, -0.2) is 4.98 Å². The molecule has 0 fully saturated rings. The lowest BCUT2D eigenvalue weighted by atomic mass is 10.0. The summed E-state index contributed by atoms with van der Waals surface area (Å²) < 4.78 is 7.16. The van der Waals surface area contributed by atoms with Crippen LogP contribution in [0.2, 0.25) is 0 Å². The van der Waals surface area contributed by atoms with E-state index in [9.17, 15) is 0 Å². The smallest absolute Gasteiger partial charge is 0.253 e. The molecule has 0 aliphatic heterocycles. The van der Waals surface area contributed by atoms with Gasteiger partial charge in [0.15, 0.2) is 5.76 Å². The second kappa shape index (κ2) is 5.03. The SMILES string of the molecule is c1coc(-c2nc3nccc(-c4cccc5ccccc45)n3n2)c1. The molecule has 0 radical (unpaired) electrons. The second-order valence-corrected chi connectivity index (χ2v) is 5.48. The highest BCUT2D eigenvalue weighted by Crippen LogP contribution is 2.29. The summed E-state index contributed by atoms with van der Waals surface area (Å²) in [5.41, 5.74) is 2.04. The van der Waals surface area contributed by atoms with Crippen molar-refractivity contribution in [3.05, 3.63) is 73.1 Å². The van der Waals surface area contributed by atoms with Crippen molar-refractivity contribution in [1.82, 2.24) is 19.6 Å². The lowest BCUT2D eigenvalue weighted by Crippen LogP contribution is -1.96. The van der Waals surface area contributed by atoms with Gasteiger partial charge in [-0.2, -0.15) is 9.50 Å². The van der Waals surface area contributed by atoms with E-state index >= 15 is 0 Å². The van der Waals surface area contributed by atoms with E-state index in [1.54, 1.807) is 17.0 Å². The van der Waals surface area contributed by atoms with E-state index < -0.39 is 0 Å². The van der Waals surface area contributed by atoms with Gasteiger partial charge < -0.3 is 4.42 Å². The van der Waals surface area contributed by atoms with Crippen LogP contribution in [0.25, 0.3) is 39.4 Å². The highest BCUT2D eigenvalue weighted by atomic mass is 16.3. The van der Waals surface area contributed by atoms with Crippen LogP contribution in [0.15, 0.2) is 77.5 Å². The van der Waals surface area contributed by atoms with Crippen LogP contribution in [0, 0.1) is 0 Å². The average molecular weight is 312 g/mol. The molecule has 5 nitrogen and oxygen atoms in total. The van der Waals surface area contributed by atoms with Gasteiger partial charge in [-0.1, -0.05) is 42.5 Å². The molecular weight excluding hydrogens is 300 g/mol. The Kier molecular flexibility index (Phi) is 2.72. The van der Waals surface area contributed by atoms with Crippen LogP contribution in [-0.4, -0.2) is 19.6 Å². The topological polar surface area (TPSA) is 56.2 Å². The van der Waals surface area contributed by atoms with Crippen molar-refractivity contribution < 1.29 is 4.42 Å². The van der Waals surface area contributed by atoms with Crippen LogP contribution < -0.4 is 0 Å². The molecule has 3 heterocycles. The highest BCUT2D eigenvalue weighted by molar-refractivity contribution is 5.96. The summed E-state index contributed by atoms with van der Waals surface area (Å²) in [7, 11) is 0. The Morgan fingerprint density at radius 1 is 0.875 bits per heavy atom. The van der Waals surface area contributed by atoms with E-state index in [0.29, 0.717) is 17.4 Å². The Balaban J connectivity index is 1.80. The fourth-order valence-electron chi connectivity index (χ4n) is 2.96. The van der Waals surface area contributed by atoms with Gasteiger partial charge in [0.05, 0.1) is 12.0 Å². The van der Waals surface area contributed by atoms with Crippen LogP contribution in [-0.2, 0) is 0 Å². The first-order valence-electron chi connectivity index (χ1n) is 7.64.